The van der Waals surface area contributed by atoms with Crippen LogP contribution in [0.25, 0.3) is 0 Å². The van der Waals surface area contributed by atoms with Crippen molar-refractivity contribution in [3.05, 3.63) is 22.4 Å². The molecule has 1 N–H and O–H groups in total. The molecule has 2 nitrogen and oxygen atoms in total. The number of halogens is 1. The van der Waals surface area contributed by atoms with Crippen molar-refractivity contribution in [2.75, 3.05) is 12.4 Å². The molecular formula is C12H18ClNOS. The molecule has 0 aliphatic heterocycles. The quantitative estimate of drug-likeness (QED) is 0.782. The number of nitrogens with one attached hydrogen (secondary N) is 1. The number of alkyl halides is 1. The minimum atomic E-state index is 0.0762. The first-order valence-electron chi connectivity index (χ1n) is 5.38. The van der Waals surface area contributed by atoms with Crippen LogP contribution in [-0.4, -0.2) is 18.3 Å². The average Bonchev–Trinajstić information content (AvgIpc) is 2.68. The lowest BCUT2D eigenvalue weighted by atomic mass is 9.90. The van der Waals surface area contributed by atoms with Crippen LogP contribution in [0.3, 0.4) is 0 Å². The number of hydrogen-bond acceptors (Lipinski definition) is 2. The number of rotatable bonds is 6. The molecule has 0 radical (unpaired) electrons. The van der Waals surface area contributed by atoms with Gasteiger partial charge in [-0.25, -0.2) is 0 Å². The molecule has 0 atom stereocenters. The summed E-state index contributed by atoms with van der Waals surface area (Å²) in [5.74, 6) is 0.721. The predicted molar refractivity (Wildman–Crippen MR) is 70.2 cm³/mol. The van der Waals surface area contributed by atoms with E-state index in [1.807, 2.05) is 17.5 Å². The zero-order valence-corrected chi connectivity index (χ0v) is 11.3. The van der Waals surface area contributed by atoms with Crippen LogP contribution < -0.4 is 5.32 Å². The average molecular weight is 260 g/mol. The zero-order chi connectivity index (χ0) is 12.0. The van der Waals surface area contributed by atoms with E-state index in [1.165, 1.54) is 0 Å². The first-order chi connectivity index (χ1) is 7.53. The highest BCUT2D eigenvalue weighted by Gasteiger charge is 2.18. The Morgan fingerprint density at radius 1 is 1.56 bits per heavy atom. The topological polar surface area (TPSA) is 29.1 Å². The van der Waals surface area contributed by atoms with E-state index in [2.05, 4.69) is 19.2 Å². The summed E-state index contributed by atoms with van der Waals surface area (Å²) >= 11 is 7.32. The third kappa shape index (κ3) is 4.99. The maximum absolute atomic E-state index is 11.6. The second-order valence-corrected chi connectivity index (χ2v) is 6.05. The van der Waals surface area contributed by atoms with Gasteiger partial charge in [0.2, 0.25) is 5.91 Å². The summed E-state index contributed by atoms with van der Waals surface area (Å²) < 4.78 is 0. The van der Waals surface area contributed by atoms with Gasteiger partial charge in [0.1, 0.15) is 0 Å². The normalized spacial score (nSPS) is 11.4. The number of hydrogen-bond donors (Lipinski definition) is 1. The van der Waals surface area contributed by atoms with E-state index in [4.69, 9.17) is 11.6 Å². The van der Waals surface area contributed by atoms with Gasteiger partial charge in [-0.15, -0.1) is 22.9 Å². The van der Waals surface area contributed by atoms with Crippen molar-refractivity contribution in [2.24, 2.45) is 5.41 Å². The first kappa shape index (κ1) is 13.5. The van der Waals surface area contributed by atoms with Crippen molar-refractivity contribution < 1.29 is 4.79 Å². The Morgan fingerprint density at radius 2 is 2.31 bits per heavy atom. The summed E-state index contributed by atoms with van der Waals surface area (Å²) in [5.41, 5.74) is 0.0762. The minimum absolute atomic E-state index is 0.0762. The fourth-order valence-electron chi connectivity index (χ4n) is 1.32. The maximum atomic E-state index is 11.6. The highest BCUT2D eigenvalue weighted by Crippen LogP contribution is 2.19. The molecule has 1 rings (SSSR count). The Labute approximate surface area is 106 Å². The monoisotopic (exact) mass is 259 g/mol. The summed E-state index contributed by atoms with van der Waals surface area (Å²) in [4.78, 5) is 12.7. The van der Waals surface area contributed by atoms with Gasteiger partial charge in [-0.1, -0.05) is 19.9 Å². The van der Waals surface area contributed by atoms with Crippen LogP contribution in [0.5, 0.6) is 0 Å². The van der Waals surface area contributed by atoms with Gasteiger partial charge in [0.25, 0.3) is 0 Å². The molecule has 0 unspecified atom stereocenters. The Bertz CT molecular complexity index is 322. The van der Waals surface area contributed by atoms with Crippen LogP contribution in [0, 0.1) is 5.41 Å². The molecule has 0 saturated heterocycles. The Kier molecular flexibility index (Phi) is 5.29. The van der Waals surface area contributed by atoms with E-state index in [0.29, 0.717) is 18.8 Å². The number of thiophene rings is 1. The van der Waals surface area contributed by atoms with Gasteiger partial charge >= 0.3 is 0 Å². The molecule has 1 aromatic rings. The summed E-state index contributed by atoms with van der Waals surface area (Å²) in [6, 6.07) is 3.94. The van der Waals surface area contributed by atoms with Gasteiger partial charge in [-0.2, -0.15) is 0 Å². The van der Waals surface area contributed by atoms with E-state index in [0.717, 1.165) is 11.3 Å². The first-order valence-corrected chi connectivity index (χ1v) is 6.80. The lowest BCUT2D eigenvalue weighted by molar-refractivity contribution is -0.120. The van der Waals surface area contributed by atoms with Gasteiger partial charge in [-0.05, 0) is 23.3 Å². The molecule has 0 fully saturated rings. The molecule has 0 spiro atoms. The number of carbonyl (C=O) groups is 1. The Hall–Kier alpha value is -0.540. The standard InChI is InChI=1S/C12H18ClNOS/c1-12(2,5-6-13)9-14-11(15)8-10-4-3-7-16-10/h3-4,7H,5-6,8-9H2,1-2H3,(H,14,15). The predicted octanol–water partition coefficient (Wildman–Crippen LogP) is 3.06. The highest BCUT2D eigenvalue weighted by molar-refractivity contribution is 7.10. The summed E-state index contributed by atoms with van der Waals surface area (Å²) in [5, 5.41) is 4.94. The maximum Gasteiger partial charge on any atom is 0.225 e. The molecular weight excluding hydrogens is 242 g/mol. The third-order valence-corrected chi connectivity index (χ3v) is 3.52. The molecule has 1 amide bonds. The SMILES string of the molecule is CC(C)(CCCl)CNC(=O)Cc1cccs1. The fraction of sp³-hybridized carbons (Fsp3) is 0.583. The van der Waals surface area contributed by atoms with Crippen LogP contribution in [0.1, 0.15) is 25.1 Å². The molecule has 0 aliphatic rings. The summed E-state index contributed by atoms with van der Waals surface area (Å²) in [6.07, 6.45) is 1.39. The van der Waals surface area contributed by atoms with Crippen LogP contribution in [0.2, 0.25) is 0 Å². The van der Waals surface area contributed by atoms with Crippen LogP contribution in [-0.2, 0) is 11.2 Å². The molecule has 1 heterocycles. The number of amides is 1. The van der Waals surface area contributed by atoms with Gasteiger partial charge < -0.3 is 5.32 Å². The van der Waals surface area contributed by atoms with Crippen molar-refractivity contribution in [1.29, 1.82) is 0 Å². The highest BCUT2D eigenvalue weighted by atomic mass is 35.5. The van der Waals surface area contributed by atoms with Gasteiger partial charge in [0.05, 0.1) is 6.42 Å². The lowest BCUT2D eigenvalue weighted by Crippen LogP contribution is -2.35. The smallest absolute Gasteiger partial charge is 0.225 e. The molecule has 90 valence electrons. The van der Waals surface area contributed by atoms with E-state index in [9.17, 15) is 4.79 Å². The second kappa shape index (κ2) is 6.26. The van der Waals surface area contributed by atoms with Crippen LogP contribution in [0.15, 0.2) is 17.5 Å². The van der Waals surface area contributed by atoms with Crippen LogP contribution >= 0.6 is 22.9 Å². The molecule has 0 aliphatic carbocycles. The van der Waals surface area contributed by atoms with Crippen molar-refractivity contribution in [3.8, 4) is 0 Å². The minimum Gasteiger partial charge on any atom is -0.355 e. The van der Waals surface area contributed by atoms with Crippen LogP contribution in [0.4, 0.5) is 0 Å². The zero-order valence-electron chi connectivity index (χ0n) is 9.75. The van der Waals surface area contributed by atoms with Crippen molar-refractivity contribution in [1.82, 2.24) is 5.32 Å². The third-order valence-electron chi connectivity index (χ3n) is 2.45. The molecule has 1 aromatic heterocycles. The largest absolute Gasteiger partial charge is 0.355 e. The lowest BCUT2D eigenvalue weighted by Gasteiger charge is -2.23. The van der Waals surface area contributed by atoms with Crippen molar-refractivity contribution in [3.63, 3.8) is 0 Å². The molecule has 0 bridgehead atoms. The van der Waals surface area contributed by atoms with Gasteiger partial charge in [-0.3, -0.25) is 4.79 Å². The second-order valence-electron chi connectivity index (χ2n) is 4.64. The van der Waals surface area contributed by atoms with Gasteiger partial charge in [0, 0.05) is 17.3 Å². The molecule has 0 aromatic carbocycles. The van der Waals surface area contributed by atoms with E-state index < -0.39 is 0 Å². The van der Waals surface area contributed by atoms with Crippen molar-refractivity contribution >= 4 is 28.8 Å². The number of carbonyl (C=O) groups excluding carboxylic acids is 1. The van der Waals surface area contributed by atoms with Crippen molar-refractivity contribution in [2.45, 2.75) is 26.7 Å². The molecule has 16 heavy (non-hydrogen) atoms. The van der Waals surface area contributed by atoms with Gasteiger partial charge in [0.15, 0.2) is 0 Å². The summed E-state index contributed by atoms with van der Waals surface area (Å²) in [7, 11) is 0. The fourth-order valence-corrected chi connectivity index (χ4v) is 2.53. The van der Waals surface area contributed by atoms with E-state index in [-0.39, 0.29) is 11.3 Å². The Morgan fingerprint density at radius 3 is 2.88 bits per heavy atom. The Balaban J connectivity index is 2.30. The van der Waals surface area contributed by atoms with E-state index >= 15 is 0 Å². The molecule has 4 heteroatoms. The van der Waals surface area contributed by atoms with E-state index in [1.54, 1.807) is 11.3 Å². The summed E-state index contributed by atoms with van der Waals surface area (Å²) in [6.45, 7) is 4.91. The molecule has 0 saturated carbocycles.